The number of ether oxygens (including phenoxy) is 1. The second kappa shape index (κ2) is 6.11. The zero-order valence-corrected chi connectivity index (χ0v) is 12.0. The first-order valence-electron chi connectivity index (χ1n) is 5.74. The van der Waals surface area contributed by atoms with Gasteiger partial charge in [0.05, 0.1) is 16.3 Å². The fourth-order valence-corrected chi connectivity index (χ4v) is 1.94. The maximum absolute atomic E-state index is 11.9. The predicted molar refractivity (Wildman–Crippen MR) is 73.7 cm³/mol. The molecule has 1 heterocycles. The van der Waals surface area contributed by atoms with Gasteiger partial charge in [0.2, 0.25) is 5.89 Å². The minimum Gasteiger partial charge on any atom is -0.452 e. The van der Waals surface area contributed by atoms with E-state index in [0.717, 1.165) is 0 Å². The first kappa shape index (κ1) is 14.6. The van der Waals surface area contributed by atoms with Gasteiger partial charge in [0.15, 0.2) is 6.61 Å². The van der Waals surface area contributed by atoms with Crippen molar-refractivity contribution in [1.82, 2.24) is 10.2 Å². The van der Waals surface area contributed by atoms with Crippen LogP contribution in [0.15, 0.2) is 16.5 Å². The van der Waals surface area contributed by atoms with Crippen LogP contribution in [0.3, 0.4) is 0 Å². The van der Waals surface area contributed by atoms with E-state index in [9.17, 15) is 4.79 Å². The topological polar surface area (TPSA) is 91.2 Å². The number of rotatable bonds is 4. The molecule has 106 valence electrons. The number of halogens is 2. The molecular formula is C12H11Cl2N3O3. The summed E-state index contributed by atoms with van der Waals surface area (Å²) in [5.41, 5.74) is 5.91. The van der Waals surface area contributed by atoms with Crippen LogP contribution in [0.5, 0.6) is 0 Å². The van der Waals surface area contributed by atoms with Gasteiger partial charge in [-0.1, -0.05) is 30.1 Å². The third-order valence-corrected chi connectivity index (χ3v) is 2.98. The van der Waals surface area contributed by atoms with E-state index < -0.39 is 5.97 Å². The molecule has 0 atom stereocenters. The van der Waals surface area contributed by atoms with Crippen LogP contribution in [0.4, 0.5) is 5.69 Å². The number of hydrogen-bond acceptors (Lipinski definition) is 6. The molecular weight excluding hydrogens is 305 g/mol. The van der Waals surface area contributed by atoms with Crippen molar-refractivity contribution in [2.75, 3.05) is 5.73 Å². The molecule has 20 heavy (non-hydrogen) atoms. The molecule has 0 amide bonds. The van der Waals surface area contributed by atoms with E-state index >= 15 is 0 Å². The molecule has 0 unspecified atom stereocenters. The molecule has 0 bridgehead atoms. The summed E-state index contributed by atoms with van der Waals surface area (Å²) in [6.07, 6.45) is 0.609. The van der Waals surface area contributed by atoms with E-state index in [1.807, 2.05) is 6.92 Å². The molecule has 0 saturated carbocycles. The Kier molecular flexibility index (Phi) is 4.46. The van der Waals surface area contributed by atoms with E-state index in [1.54, 1.807) is 0 Å². The molecule has 0 spiro atoms. The summed E-state index contributed by atoms with van der Waals surface area (Å²) in [6.45, 7) is 1.73. The van der Waals surface area contributed by atoms with Crippen molar-refractivity contribution in [2.24, 2.45) is 0 Å². The largest absolute Gasteiger partial charge is 0.452 e. The van der Waals surface area contributed by atoms with Crippen LogP contribution >= 0.6 is 23.2 Å². The fraction of sp³-hybridized carbons (Fsp3) is 0.250. The number of aromatic nitrogens is 2. The van der Waals surface area contributed by atoms with Crippen LogP contribution < -0.4 is 5.73 Å². The van der Waals surface area contributed by atoms with Crippen molar-refractivity contribution in [1.29, 1.82) is 0 Å². The molecule has 0 aliphatic carbocycles. The number of aryl methyl sites for hydroxylation is 1. The van der Waals surface area contributed by atoms with Gasteiger partial charge in [-0.3, -0.25) is 0 Å². The average molecular weight is 316 g/mol. The fourth-order valence-electron chi connectivity index (χ4n) is 1.45. The zero-order chi connectivity index (χ0) is 14.7. The standard InChI is InChI=1S/C12H11Cl2N3O3/c1-2-9-16-17-10(20-9)5-19-12(18)7-3-6(13)4-8(14)11(7)15/h3-4H,2,5,15H2,1H3. The van der Waals surface area contributed by atoms with E-state index in [1.165, 1.54) is 12.1 Å². The van der Waals surface area contributed by atoms with Crippen molar-refractivity contribution in [2.45, 2.75) is 20.0 Å². The molecule has 2 rings (SSSR count). The van der Waals surface area contributed by atoms with Gasteiger partial charge in [0.25, 0.3) is 5.89 Å². The Balaban J connectivity index is 2.09. The van der Waals surface area contributed by atoms with Gasteiger partial charge in [0.1, 0.15) is 0 Å². The highest BCUT2D eigenvalue weighted by molar-refractivity contribution is 6.37. The normalized spacial score (nSPS) is 10.6. The van der Waals surface area contributed by atoms with Crippen molar-refractivity contribution in [3.8, 4) is 0 Å². The molecule has 0 fully saturated rings. The van der Waals surface area contributed by atoms with Gasteiger partial charge in [-0.15, -0.1) is 10.2 Å². The summed E-state index contributed by atoms with van der Waals surface area (Å²) in [4.78, 5) is 11.9. The second-order valence-electron chi connectivity index (χ2n) is 3.87. The number of carbonyl (C=O) groups excluding carboxylic acids is 1. The summed E-state index contributed by atoms with van der Waals surface area (Å²) < 4.78 is 10.2. The van der Waals surface area contributed by atoms with Crippen molar-refractivity contribution >= 4 is 34.9 Å². The maximum atomic E-state index is 11.9. The highest BCUT2D eigenvalue weighted by Gasteiger charge is 2.16. The minimum absolute atomic E-state index is 0.0951. The Bertz CT molecular complexity index is 643. The number of hydrogen-bond donors (Lipinski definition) is 1. The third-order valence-electron chi connectivity index (χ3n) is 2.45. The second-order valence-corrected chi connectivity index (χ2v) is 4.71. The lowest BCUT2D eigenvalue weighted by Gasteiger charge is -2.07. The molecule has 0 radical (unpaired) electrons. The van der Waals surface area contributed by atoms with E-state index in [-0.39, 0.29) is 28.8 Å². The Morgan fingerprint density at radius 2 is 2.05 bits per heavy atom. The van der Waals surface area contributed by atoms with Gasteiger partial charge in [-0.05, 0) is 12.1 Å². The zero-order valence-electron chi connectivity index (χ0n) is 10.5. The number of carbonyl (C=O) groups is 1. The van der Waals surface area contributed by atoms with Crippen LogP contribution in [0.25, 0.3) is 0 Å². The van der Waals surface area contributed by atoms with E-state index in [4.69, 9.17) is 38.1 Å². The van der Waals surface area contributed by atoms with Crippen LogP contribution in [-0.4, -0.2) is 16.2 Å². The average Bonchev–Trinajstić information content (AvgIpc) is 2.88. The third kappa shape index (κ3) is 3.20. The van der Waals surface area contributed by atoms with Gasteiger partial charge < -0.3 is 14.9 Å². The SMILES string of the molecule is CCc1nnc(COC(=O)c2cc(Cl)cc(Cl)c2N)o1. The lowest BCUT2D eigenvalue weighted by molar-refractivity contribution is 0.0438. The summed E-state index contributed by atoms with van der Waals surface area (Å²) in [6, 6.07) is 2.83. The highest BCUT2D eigenvalue weighted by atomic mass is 35.5. The molecule has 8 heteroatoms. The molecule has 1 aromatic carbocycles. The number of nitrogen functional groups attached to an aromatic ring is 1. The lowest BCUT2D eigenvalue weighted by Crippen LogP contribution is -2.09. The van der Waals surface area contributed by atoms with E-state index in [2.05, 4.69) is 10.2 Å². The van der Waals surface area contributed by atoms with Crippen LogP contribution in [0.1, 0.15) is 29.1 Å². The number of nitrogens with two attached hydrogens (primary N) is 1. The van der Waals surface area contributed by atoms with Crippen molar-refractivity contribution < 1.29 is 13.9 Å². The first-order valence-corrected chi connectivity index (χ1v) is 6.49. The summed E-state index contributed by atoms with van der Waals surface area (Å²) in [5.74, 6) is 0.0198. The van der Waals surface area contributed by atoms with Gasteiger partial charge in [-0.2, -0.15) is 0 Å². The van der Waals surface area contributed by atoms with Gasteiger partial charge in [0, 0.05) is 11.4 Å². The van der Waals surface area contributed by atoms with Crippen LogP contribution in [0.2, 0.25) is 10.0 Å². The predicted octanol–water partition coefficient (Wildman–Crippen LogP) is 2.88. The monoisotopic (exact) mass is 315 g/mol. The number of anilines is 1. The molecule has 0 saturated heterocycles. The van der Waals surface area contributed by atoms with Gasteiger partial charge in [-0.25, -0.2) is 4.79 Å². The molecule has 0 aliphatic heterocycles. The summed E-state index contributed by atoms with van der Waals surface area (Å²) in [7, 11) is 0. The first-order chi connectivity index (χ1) is 9.51. The highest BCUT2D eigenvalue weighted by Crippen LogP contribution is 2.28. The number of benzene rings is 1. The van der Waals surface area contributed by atoms with E-state index in [0.29, 0.717) is 17.3 Å². The van der Waals surface area contributed by atoms with Crippen LogP contribution in [-0.2, 0) is 17.8 Å². The number of esters is 1. The molecule has 6 nitrogen and oxygen atoms in total. The van der Waals surface area contributed by atoms with Gasteiger partial charge >= 0.3 is 5.97 Å². The van der Waals surface area contributed by atoms with Crippen molar-refractivity contribution in [3.63, 3.8) is 0 Å². The Labute approximate surface area is 124 Å². The molecule has 2 aromatic rings. The Morgan fingerprint density at radius 3 is 2.70 bits per heavy atom. The molecule has 1 aromatic heterocycles. The number of nitrogens with zero attached hydrogens (tertiary/aromatic N) is 2. The van der Waals surface area contributed by atoms with Crippen molar-refractivity contribution in [3.05, 3.63) is 39.5 Å². The summed E-state index contributed by atoms with van der Waals surface area (Å²) >= 11 is 11.7. The molecule has 2 N–H and O–H groups in total. The summed E-state index contributed by atoms with van der Waals surface area (Å²) in [5, 5.41) is 7.97. The minimum atomic E-state index is -0.664. The smallest absolute Gasteiger partial charge is 0.340 e. The Hall–Kier alpha value is -1.79. The van der Waals surface area contributed by atoms with Crippen LogP contribution in [0, 0.1) is 0 Å². The maximum Gasteiger partial charge on any atom is 0.340 e. The molecule has 0 aliphatic rings. The Morgan fingerprint density at radius 1 is 1.35 bits per heavy atom. The lowest BCUT2D eigenvalue weighted by atomic mass is 10.2. The quantitative estimate of drug-likeness (QED) is 0.689.